The van der Waals surface area contributed by atoms with Gasteiger partial charge in [0.05, 0.1) is 16.8 Å². The number of carbonyl (C=O) groups is 1. The van der Waals surface area contributed by atoms with Crippen LogP contribution in [0.2, 0.25) is 0 Å². The highest BCUT2D eigenvalue weighted by Gasteiger charge is 2.17. The maximum absolute atomic E-state index is 13.5. The second kappa shape index (κ2) is 7.97. The number of hydrogen-bond donors (Lipinski definition) is 1. The Morgan fingerprint density at radius 1 is 0.839 bits per heavy atom. The number of nitrogens with one attached hydrogen (secondary N) is 1. The van der Waals surface area contributed by atoms with Crippen LogP contribution in [-0.4, -0.2) is 10.9 Å². The van der Waals surface area contributed by atoms with E-state index in [1.54, 1.807) is 0 Å². The monoisotopic (exact) mass is 466 g/mol. The molecule has 150 valence electrons. The number of aryl methyl sites for hydroxylation is 1. The summed E-state index contributed by atoms with van der Waals surface area (Å²) in [6, 6.07) is 29.8. The van der Waals surface area contributed by atoms with E-state index in [1.165, 1.54) is 0 Å². The lowest BCUT2D eigenvalue weighted by Gasteiger charge is -2.14. The first-order valence-electron chi connectivity index (χ1n) is 10.1. The summed E-state index contributed by atoms with van der Waals surface area (Å²) in [5.74, 6) is -0.154. The standard InChI is InChI=1S/C27H19BrN2O/c1-17-14-20(28)15-22-23(16-25(29-26(17)22)19-9-3-2-4-10-19)27(31)30-24-13-7-11-18-8-5-6-12-21(18)24/h2-16H,1H3,(H,30,31). The molecule has 1 amide bonds. The Morgan fingerprint density at radius 3 is 2.42 bits per heavy atom. The van der Waals surface area contributed by atoms with Crippen molar-refractivity contribution in [3.8, 4) is 11.3 Å². The van der Waals surface area contributed by atoms with Gasteiger partial charge in [-0.2, -0.15) is 0 Å². The van der Waals surface area contributed by atoms with Crippen molar-refractivity contribution in [2.45, 2.75) is 6.92 Å². The Kier molecular flexibility index (Phi) is 5.00. The maximum atomic E-state index is 13.5. The summed E-state index contributed by atoms with van der Waals surface area (Å²) >= 11 is 3.57. The molecule has 1 aromatic heterocycles. The van der Waals surface area contributed by atoms with Gasteiger partial charge in [-0.15, -0.1) is 0 Å². The SMILES string of the molecule is Cc1cc(Br)cc2c(C(=O)Nc3cccc4ccccc34)cc(-c3ccccc3)nc12. The maximum Gasteiger partial charge on any atom is 0.256 e. The normalized spacial score (nSPS) is 11.0. The zero-order valence-corrected chi connectivity index (χ0v) is 18.5. The predicted octanol–water partition coefficient (Wildman–Crippen LogP) is 7.38. The van der Waals surface area contributed by atoms with E-state index in [0.29, 0.717) is 5.56 Å². The van der Waals surface area contributed by atoms with Crippen molar-refractivity contribution in [1.29, 1.82) is 0 Å². The number of carbonyl (C=O) groups excluding carboxylic acids is 1. The molecule has 4 heteroatoms. The molecule has 5 aromatic rings. The van der Waals surface area contributed by atoms with E-state index in [1.807, 2.05) is 97.9 Å². The molecule has 0 aliphatic rings. The fraction of sp³-hybridized carbons (Fsp3) is 0.0370. The molecule has 1 heterocycles. The Labute approximate surface area is 188 Å². The smallest absolute Gasteiger partial charge is 0.256 e. The molecule has 0 radical (unpaired) electrons. The number of benzene rings is 4. The number of nitrogens with zero attached hydrogens (tertiary/aromatic N) is 1. The molecule has 0 atom stereocenters. The van der Waals surface area contributed by atoms with Crippen LogP contribution in [0.4, 0.5) is 5.69 Å². The van der Waals surface area contributed by atoms with E-state index < -0.39 is 0 Å². The summed E-state index contributed by atoms with van der Waals surface area (Å²) in [7, 11) is 0. The highest BCUT2D eigenvalue weighted by Crippen LogP contribution is 2.31. The minimum atomic E-state index is -0.154. The number of amides is 1. The average Bonchev–Trinajstić information content (AvgIpc) is 2.79. The van der Waals surface area contributed by atoms with Crippen molar-refractivity contribution in [3.63, 3.8) is 0 Å². The molecule has 0 fully saturated rings. The number of halogens is 1. The average molecular weight is 467 g/mol. The third-order valence-electron chi connectivity index (χ3n) is 5.42. The molecule has 0 saturated heterocycles. The number of fused-ring (bicyclic) bond motifs is 2. The van der Waals surface area contributed by atoms with Gasteiger partial charge in [0.15, 0.2) is 0 Å². The van der Waals surface area contributed by atoms with E-state index in [4.69, 9.17) is 4.98 Å². The summed E-state index contributed by atoms with van der Waals surface area (Å²) in [6.45, 7) is 2.02. The predicted molar refractivity (Wildman–Crippen MR) is 132 cm³/mol. The topological polar surface area (TPSA) is 42.0 Å². The van der Waals surface area contributed by atoms with Crippen LogP contribution >= 0.6 is 15.9 Å². The van der Waals surface area contributed by atoms with Gasteiger partial charge in [0.1, 0.15) is 0 Å². The van der Waals surface area contributed by atoms with Crippen LogP contribution in [0.25, 0.3) is 32.9 Å². The fourth-order valence-corrected chi connectivity index (χ4v) is 4.50. The lowest BCUT2D eigenvalue weighted by atomic mass is 10.0. The molecule has 0 aliphatic carbocycles. The zero-order chi connectivity index (χ0) is 21.4. The van der Waals surface area contributed by atoms with Crippen LogP contribution in [0.1, 0.15) is 15.9 Å². The molecular weight excluding hydrogens is 448 g/mol. The number of hydrogen-bond acceptors (Lipinski definition) is 2. The van der Waals surface area contributed by atoms with Crippen LogP contribution < -0.4 is 5.32 Å². The molecule has 0 spiro atoms. The molecule has 31 heavy (non-hydrogen) atoms. The first kappa shape index (κ1) is 19.5. The first-order chi connectivity index (χ1) is 15.1. The van der Waals surface area contributed by atoms with Crippen molar-refractivity contribution in [1.82, 2.24) is 4.98 Å². The van der Waals surface area contributed by atoms with Crippen molar-refractivity contribution in [2.75, 3.05) is 5.32 Å². The molecule has 0 bridgehead atoms. The minimum absolute atomic E-state index is 0.154. The van der Waals surface area contributed by atoms with Gasteiger partial charge in [-0.05, 0) is 42.1 Å². The fourth-order valence-electron chi connectivity index (χ4n) is 3.93. The van der Waals surface area contributed by atoms with Crippen LogP contribution in [0, 0.1) is 6.92 Å². The van der Waals surface area contributed by atoms with Crippen LogP contribution in [0.15, 0.2) is 95.5 Å². The number of rotatable bonds is 3. The Morgan fingerprint density at radius 2 is 1.58 bits per heavy atom. The number of aromatic nitrogens is 1. The molecule has 3 nitrogen and oxygen atoms in total. The van der Waals surface area contributed by atoms with E-state index in [9.17, 15) is 4.79 Å². The van der Waals surface area contributed by atoms with Crippen molar-refractivity contribution in [3.05, 3.63) is 107 Å². The molecule has 5 rings (SSSR count). The number of pyridine rings is 1. The highest BCUT2D eigenvalue weighted by atomic mass is 79.9. The third-order valence-corrected chi connectivity index (χ3v) is 5.88. The summed E-state index contributed by atoms with van der Waals surface area (Å²) < 4.78 is 0.922. The van der Waals surface area contributed by atoms with E-state index in [2.05, 4.69) is 21.2 Å². The van der Waals surface area contributed by atoms with Gasteiger partial charge in [-0.25, -0.2) is 4.98 Å². The van der Waals surface area contributed by atoms with Crippen LogP contribution in [-0.2, 0) is 0 Å². The van der Waals surface area contributed by atoms with Gasteiger partial charge >= 0.3 is 0 Å². The van der Waals surface area contributed by atoms with Crippen molar-refractivity contribution < 1.29 is 4.79 Å². The zero-order valence-electron chi connectivity index (χ0n) is 16.9. The van der Waals surface area contributed by atoms with Gasteiger partial charge < -0.3 is 5.32 Å². The van der Waals surface area contributed by atoms with Gasteiger partial charge in [0.2, 0.25) is 0 Å². The van der Waals surface area contributed by atoms with Crippen LogP contribution in [0.3, 0.4) is 0 Å². The second-order valence-corrected chi connectivity index (χ2v) is 8.44. The van der Waals surface area contributed by atoms with Gasteiger partial charge in [0, 0.05) is 26.5 Å². The Balaban J connectivity index is 1.68. The molecule has 4 aromatic carbocycles. The minimum Gasteiger partial charge on any atom is -0.321 e. The molecule has 0 aliphatic heterocycles. The largest absolute Gasteiger partial charge is 0.321 e. The van der Waals surface area contributed by atoms with E-state index in [0.717, 1.165) is 48.7 Å². The van der Waals surface area contributed by atoms with Gasteiger partial charge in [-0.1, -0.05) is 82.7 Å². The molecule has 0 unspecified atom stereocenters. The quantitative estimate of drug-likeness (QED) is 0.301. The summed E-state index contributed by atoms with van der Waals surface area (Å²) in [4.78, 5) is 18.4. The summed E-state index contributed by atoms with van der Waals surface area (Å²) in [5.41, 5.74) is 4.99. The molecule has 0 saturated carbocycles. The van der Waals surface area contributed by atoms with E-state index in [-0.39, 0.29) is 5.91 Å². The Bertz CT molecular complexity index is 1440. The molecule has 1 N–H and O–H groups in total. The second-order valence-electron chi connectivity index (χ2n) is 7.52. The lowest BCUT2D eigenvalue weighted by molar-refractivity contribution is 0.102. The first-order valence-corrected chi connectivity index (χ1v) is 10.8. The highest BCUT2D eigenvalue weighted by molar-refractivity contribution is 9.10. The van der Waals surface area contributed by atoms with Gasteiger partial charge in [-0.3, -0.25) is 4.79 Å². The summed E-state index contributed by atoms with van der Waals surface area (Å²) in [5, 5.41) is 6.05. The van der Waals surface area contributed by atoms with Crippen molar-refractivity contribution >= 4 is 49.2 Å². The summed E-state index contributed by atoms with van der Waals surface area (Å²) in [6.07, 6.45) is 0. The molecular formula is C27H19BrN2O. The Hall–Kier alpha value is -3.50. The van der Waals surface area contributed by atoms with E-state index >= 15 is 0 Å². The van der Waals surface area contributed by atoms with Crippen LogP contribution in [0.5, 0.6) is 0 Å². The number of anilines is 1. The lowest BCUT2D eigenvalue weighted by Crippen LogP contribution is -2.13. The van der Waals surface area contributed by atoms with Gasteiger partial charge in [0.25, 0.3) is 5.91 Å². The van der Waals surface area contributed by atoms with Crippen molar-refractivity contribution in [2.24, 2.45) is 0 Å². The third kappa shape index (κ3) is 3.71.